The molecule has 3 N–H and O–H groups in total. The van der Waals surface area contributed by atoms with Gasteiger partial charge in [-0.15, -0.1) is 0 Å². The Morgan fingerprint density at radius 2 is 1.74 bits per heavy atom. The third kappa shape index (κ3) is 7.12. The molecule has 0 bridgehead atoms. The molecule has 0 radical (unpaired) electrons. The average molecular weight is 294 g/mol. The lowest BCUT2D eigenvalue weighted by atomic mass is 10.0. The Morgan fingerprint density at radius 3 is 2.05 bits per heavy atom. The molecular weight excluding hydrogens is 272 g/mol. The molecule has 1 atom stereocenters. The van der Waals surface area contributed by atoms with E-state index in [9.17, 15) is 18.0 Å². The minimum atomic E-state index is -3.56. The molecule has 0 spiro atoms. The molecule has 1 amide bonds. The van der Waals surface area contributed by atoms with Crippen LogP contribution in [-0.4, -0.2) is 43.2 Å². The van der Waals surface area contributed by atoms with Crippen molar-refractivity contribution in [3.8, 4) is 0 Å². The predicted octanol–water partition coefficient (Wildman–Crippen LogP) is -0.0703. The number of carboxylic acids is 1. The maximum Gasteiger partial charge on any atom is 0.326 e. The maximum atomic E-state index is 11.9. The first-order valence-corrected chi connectivity index (χ1v) is 7.77. The van der Waals surface area contributed by atoms with Crippen LogP contribution in [0.3, 0.4) is 0 Å². The minimum Gasteiger partial charge on any atom is -0.480 e. The van der Waals surface area contributed by atoms with E-state index in [0.717, 1.165) is 6.26 Å². The van der Waals surface area contributed by atoms with Crippen LogP contribution in [0.25, 0.3) is 0 Å². The van der Waals surface area contributed by atoms with Crippen LogP contribution >= 0.6 is 0 Å². The van der Waals surface area contributed by atoms with E-state index in [1.54, 1.807) is 0 Å². The van der Waals surface area contributed by atoms with Gasteiger partial charge in [0.15, 0.2) is 0 Å². The Kier molecular flexibility index (Phi) is 5.95. The average Bonchev–Trinajstić information content (AvgIpc) is 2.11. The Morgan fingerprint density at radius 1 is 1.26 bits per heavy atom. The van der Waals surface area contributed by atoms with Gasteiger partial charge in [-0.3, -0.25) is 4.79 Å². The Labute approximate surface area is 113 Å². The van der Waals surface area contributed by atoms with E-state index in [2.05, 4.69) is 10.0 Å². The highest BCUT2D eigenvalue weighted by atomic mass is 32.2. The van der Waals surface area contributed by atoms with E-state index >= 15 is 0 Å². The second-order valence-corrected chi connectivity index (χ2v) is 7.24. The summed E-state index contributed by atoms with van der Waals surface area (Å²) in [5, 5.41) is 11.4. The number of amides is 1. The highest BCUT2D eigenvalue weighted by molar-refractivity contribution is 7.88. The summed E-state index contributed by atoms with van der Waals surface area (Å²) in [7, 11) is -3.56. The molecule has 112 valence electrons. The second kappa shape index (κ2) is 6.33. The SMILES string of the molecule is CC(C)C[C@@H](NC(=O)C(C)(C)NS(C)(=O)=O)C(=O)O. The summed E-state index contributed by atoms with van der Waals surface area (Å²) in [6.45, 7) is 6.42. The smallest absolute Gasteiger partial charge is 0.326 e. The largest absolute Gasteiger partial charge is 0.480 e. The predicted molar refractivity (Wildman–Crippen MR) is 71.1 cm³/mol. The molecule has 19 heavy (non-hydrogen) atoms. The summed E-state index contributed by atoms with van der Waals surface area (Å²) in [5.41, 5.74) is -1.40. The Bertz CT molecular complexity index is 442. The summed E-state index contributed by atoms with van der Waals surface area (Å²) in [6.07, 6.45) is 1.21. The van der Waals surface area contributed by atoms with E-state index in [0.29, 0.717) is 0 Å². The molecule has 8 heteroatoms. The van der Waals surface area contributed by atoms with Crippen molar-refractivity contribution in [2.75, 3.05) is 6.26 Å². The fraction of sp³-hybridized carbons (Fsp3) is 0.818. The number of carboxylic acid groups (broad SMARTS) is 1. The maximum absolute atomic E-state index is 11.9. The molecule has 0 aromatic heterocycles. The third-order valence-corrected chi connectivity index (χ3v) is 3.20. The van der Waals surface area contributed by atoms with Crippen LogP contribution in [-0.2, 0) is 19.6 Å². The molecule has 0 aliphatic carbocycles. The lowest BCUT2D eigenvalue weighted by Crippen LogP contribution is -2.57. The fourth-order valence-electron chi connectivity index (χ4n) is 1.54. The number of carbonyl (C=O) groups is 2. The second-order valence-electron chi connectivity index (χ2n) is 5.49. The zero-order valence-electron chi connectivity index (χ0n) is 11.9. The Hall–Kier alpha value is -1.15. The van der Waals surface area contributed by atoms with E-state index < -0.39 is 33.5 Å². The molecule has 7 nitrogen and oxygen atoms in total. The highest BCUT2D eigenvalue weighted by Crippen LogP contribution is 2.09. The molecule has 0 rings (SSSR count). The number of hydrogen-bond donors (Lipinski definition) is 3. The zero-order chi connectivity index (χ0) is 15.4. The molecule has 0 aromatic rings. The van der Waals surface area contributed by atoms with Crippen molar-refractivity contribution < 1.29 is 23.1 Å². The van der Waals surface area contributed by atoms with Gasteiger partial charge in [-0.05, 0) is 26.2 Å². The standard InChI is InChI=1S/C11H22N2O5S/c1-7(2)6-8(9(14)15)12-10(16)11(3,4)13-19(5,17)18/h7-8,13H,6H2,1-5H3,(H,12,16)(H,14,15)/t8-/m1/s1. The highest BCUT2D eigenvalue weighted by Gasteiger charge is 2.33. The minimum absolute atomic E-state index is 0.0902. The van der Waals surface area contributed by atoms with E-state index in [-0.39, 0.29) is 12.3 Å². The fourth-order valence-corrected chi connectivity index (χ4v) is 2.56. The molecule has 0 heterocycles. The number of aliphatic carboxylic acids is 1. The van der Waals surface area contributed by atoms with Gasteiger partial charge < -0.3 is 10.4 Å². The van der Waals surface area contributed by atoms with Crippen LogP contribution in [0, 0.1) is 5.92 Å². The topological polar surface area (TPSA) is 113 Å². The quantitative estimate of drug-likeness (QED) is 0.608. The van der Waals surface area contributed by atoms with Crippen LogP contribution in [0.15, 0.2) is 0 Å². The molecular formula is C11H22N2O5S. The van der Waals surface area contributed by atoms with Gasteiger partial charge in [0.05, 0.1) is 6.26 Å². The third-order valence-electron chi connectivity index (χ3n) is 2.32. The first-order chi connectivity index (χ1) is 8.35. The molecule has 0 unspecified atom stereocenters. The van der Waals surface area contributed by atoms with Gasteiger partial charge in [0.25, 0.3) is 0 Å². The van der Waals surface area contributed by atoms with Crippen molar-refractivity contribution in [2.45, 2.75) is 45.7 Å². The van der Waals surface area contributed by atoms with Gasteiger partial charge in [-0.2, -0.15) is 0 Å². The molecule has 0 saturated heterocycles. The lowest BCUT2D eigenvalue weighted by molar-refractivity contribution is -0.143. The monoisotopic (exact) mass is 294 g/mol. The summed E-state index contributed by atoms with van der Waals surface area (Å²) >= 11 is 0. The number of hydrogen-bond acceptors (Lipinski definition) is 4. The molecule has 0 aliphatic rings. The Balaban J connectivity index is 4.86. The molecule has 0 aliphatic heterocycles. The molecule has 0 fully saturated rings. The number of nitrogens with one attached hydrogen (secondary N) is 2. The van der Waals surface area contributed by atoms with Crippen LogP contribution in [0.4, 0.5) is 0 Å². The van der Waals surface area contributed by atoms with Crippen molar-refractivity contribution in [2.24, 2.45) is 5.92 Å². The summed E-state index contributed by atoms with van der Waals surface area (Å²) in [5.74, 6) is -1.73. The first kappa shape index (κ1) is 17.8. The van der Waals surface area contributed by atoms with E-state index in [1.165, 1.54) is 13.8 Å². The van der Waals surface area contributed by atoms with Gasteiger partial charge in [-0.25, -0.2) is 17.9 Å². The number of sulfonamides is 1. The summed E-state index contributed by atoms with van der Waals surface area (Å²) < 4.78 is 24.4. The van der Waals surface area contributed by atoms with Gasteiger partial charge in [0, 0.05) is 0 Å². The normalized spacial score (nSPS) is 14.2. The molecule has 0 saturated carbocycles. The van der Waals surface area contributed by atoms with Crippen LogP contribution < -0.4 is 10.0 Å². The van der Waals surface area contributed by atoms with Crippen LogP contribution in [0.5, 0.6) is 0 Å². The number of rotatable bonds is 7. The van der Waals surface area contributed by atoms with Crippen molar-refractivity contribution in [1.29, 1.82) is 0 Å². The van der Waals surface area contributed by atoms with Gasteiger partial charge in [-0.1, -0.05) is 13.8 Å². The zero-order valence-corrected chi connectivity index (χ0v) is 12.7. The first-order valence-electron chi connectivity index (χ1n) is 5.88. The van der Waals surface area contributed by atoms with Gasteiger partial charge in [0.2, 0.25) is 15.9 Å². The summed E-state index contributed by atoms with van der Waals surface area (Å²) in [6, 6.07) is -1.03. The van der Waals surface area contributed by atoms with E-state index in [4.69, 9.17) is 5.11 Å². The summed E-state index contributed by atoms with van der Waals surface area (Å²) in [4.78, 5) is 23.0. The van der Waals surface area contributed by atoms with Crippen molar-refractivity contribution in [3.05, 3.63) is 0 Å². The van der Waals surface area contributed by atoms with Crippen LogP contribution in [0.1, 0.15) is 34.1 Å². The van der Waals surface area contributed by atoms with Crippen molar-refractivity contribution >= 4 is 21.9 Å². The van der Waals surface area contributed by atoms with Crippen molar-refractivity contribution in [3.63, 3.8) is 0 Å². The van der Waals surface area contributed by atoms with Crippen molar-refractivity contribution in [1.82, 2.24) is 10.0 Å². The van der Waals surface area contributed by atoms with Gasteiger partial charge >= 0.3 is 5.97 Å². The number of carbonyl (C=O) groups excluding carboxylic acids is 1. The van der Waals surface area contributed by atoms with Gasteiger partial charge in [0.1, 0.15) is 11.6 Å². The van der Waals surface area contributed by atoms with E-state index in [1.807, 2.05) is 13.8 Å². The lowest BCUT2D eigenvalue weighted by Gasteiger charge is -2.26. The molecule has 0 aromatic carbocycles. The van der Waals surface area contributed by atoms with Crippen LogP contribution in [0.2, 0.25) is 0 Å².